The molecule has 1 aromatic heterocycles. The number of Topliss-reactive ketones (excluding diaryl/α,β-unsaturated/α-hetero) is 1. The average molecular weight is 222 g/mol. The highest BCUT2D eigenvalue weighted by molar-refractivity contribution is 5.94. The summed E-state index contributed by atoms with van der Waals surface area (Å²) in [6, 6.07) is 1.77. The van der Waals surface area contributed by atoms with E-state index in [4.69, 9.17) is 4.74 Å². The first-order valence-corrected chi connectivity index (χ1v) is 5.90. The van der Waals surface area contributed by atoms with Crippen LogP contribution in [0.4, 0.5) is 0 Å². The van der Waals surface area contributed by atoms with Crippen molar-refractivity contribution in [2.45, 2.75) is 38.2 Å². The SMILES string of the molecule is Cn1nccc1C(=O)CCC1CCCCO1. The molecule has 0 aliphatic carbocycles. The van der Waals surface area contributed by atoms with Crippen molar-refractivity contribution in [2.75, 3.05) is 6.61 Å². The fraction of sp³-hybridized carbons (Fsp3) is 0.667. The molecule has 2 rings (SSSR count). The number of hydrogen-bond acceptors (Lipinski definition) is 3. The molecule has 1 aromatic rings. The van der Waals surface area contributed by atoms with Gasteiger partial charge in [0.15, 0.2) is 5.78 Å². The predicted molar refractivity (Wildman–Crippen MR) is 60.4 cm³/mol. The van der Waals surface area contributed by atoms with E-state index >= 15 is 0 Å². The lowest BCUT2D eigenvalue weighted by Gasteiger charge is -2.22. The lowest BCUT2D eigenvalue weighted by molar-refractivity contribution is 0.0104. The third kappa shape index (κ3) is 2.70. The van der Waals surface area contributed by atoms with Gasteiger partial charge < -0.3 is 4.74 Å². The number of nitrogens with zero attached hydrogens (tertiary/aromatic N) is 2. The summed E-state index contributed by atoms with van der Waals surface area (Å²) in [5.74, 6) is 0.161. The number of carbonyl (C=O) groups excluding carboxylic acids is 1. The van der Waals surface area contributed by atoms with Crippen LogP contribution in [0.3, 0.4) is 0 Å². The zero-order chi connectivity index (χ0) is 11.4. The van der Waals surface area contributed by atoms with E-state index in [2.05, 4.69) is 5.10 Å². The first-order chi connectivity index (χ1) is 7.77. The van der Waals surface area contributed by atoms with Crippen LogP contribution < -0.4 is 0 Å². The lowest BCUT2D eigenvalue weighted by atomic mass is 10.0. The number of aryl methyl sites for hydroxylation is 1. The van der Waals surface area contributed by atoms with Crippen molar-refractivity contribution in [3.05, 3.63) is 18.0 Å². The van der Waals surface area contributed by atoms with E-state index in [1.165, 1.54) is 6.42 Å². The second-order valence-corrected chi connectivity index (χ2v) is 4.29. The van der Waals surface area contributed by atoms with Gasteiger partial charge >= 0.3 is 0 Å². The van der Waals surface area contributed by atoms with Crippen LogP contribution in [0.1, 0.15) is 42.6 Å². The molecule has 4 heteroatoms. The molecule has 1 aliphatic rings. The molecule has 88 valence electrons. The Morgan fingerprint density at radius 1 is 1.62 bits per heavy atom. The van der Waals surface area contributed by atoms with Gasteiger partial charge in [-0.05, 0) is 31.7 Å². The first kappa shape index (κ1) is 11.3. The van der Waals surface area contributed by atoms with Gasteiger partial charge in [-0.15, -0.1) is 0 Å². The van der Waals surface area contributed by atoms with Crippen molar-refractivity contribution in [3.63, 3.8) is 0 Å². The lowest BCUT2D eigenvalue weighted by Crippen LogP contribution is -2.20. The maximum Gasteiger partial charge on any atom is 0.180 e. The number of rotatable bonds is 4. The molecule has 0 bridgehead atoms. The monoisotopic (exact) mass is 222 g/mol. The van der Waals surface area contributed by atoms with E-state index < -0.39 is 0 Å². The Morgan fingerprint density at radius 3 is 3.12 bits per heavy atom. The van der Waals surface area contributed by atoms with Gasteiger partial charge in [-0.3, -0.25) is 9.48 Å². The number of ether oxygens (including phenoxy) is 1. The molecule has 2 heterocycles. The van der Waals surface area contributed by atoms with Gasteiger partial charge in [0, 0.05) is 26.3 Å². The minimum Gasteiger partial charge on any atom is -0.378 e. The molecule has 0 N–H and O–H groups in total. The van der Waals surface area contributed by atoms with Crippen LogP contribution in [0, 0.1) is 0 Å². The molecule has 1 saturated heterocycles. The quantitative estimate of drug-likeness (QED) is 0.731. The Bertz CT molecular complexity index is 354. The van der Waals surface area contributed by atoms with Gasteiger partial charge in [-0.2, -0.15) is 5.10 Å². The predicted octanol–water partition coefficient (Wildman–Crippen LogP) is 1.95. The highest BCUT2D eigenvalue weighted by Crippen LogP contribution is 2.18. The van der Waals surface area contributed by atoms with Crippen LogP contribution in [0.15, 0.2) is 12.3 Å². The smallest absolute Gasteiger partial charge is 0.180 e. The summed E-state index contributed by atoms with van der Waals surface area (Å²) in [6.07, 6.45) is 6.82. The molecule has 1 aliphatic heterocycles. The highest BCUT2D eigenvalue weighted by atomic mass is 16.5. The Hall–Kier alpha value is -1.16. The number of aromatic nitrogens is 2. The van der Waals surface area contributed by atoms with Crippen molar-refractivity contribution in [3.8, 4) is 0 Å². The third-order valence-electron chi connectivity index (χ3n) is 3.07. The van der Waals surface area contributed by atoms with E-state index in [9.17, 15) is 4.79 Å². The molecule has 1 atom stereocenters. The summed E-state index contributed by atoms with van der Waals surface area (Å²) in [7, 11) is 1.80. The van der Waals surface area contributed by atoms with Gasteiger partial charge in [0.1, 0.15) is 5.69 Å². The van der Waals surface area contributed by atoms with Crippen molar-refractivity contribution < 1.29 is 9.53 Å². The molecule has 1 unspecified atom stereocenters. The number of ketones is 1. The Morgan fingerprint density at radius 2 is 2.50 bits per heavy atom. The molecular formula is C12H18N2O2. The first-order valence-electron chi connectivity index (χ1n) is 5.90. The Balaban J connectivity index is 1.81. The van der Waals surface area contributed by atoms with Crippen LogP contribution in [0.2, 0.25) is 0 Å². The van der Waals surface area contributed by atoms with Crippen LogP contribution in [-0.2, 0) is 11.8 Å². The van der Waals surface area contributed by atoms with Crippen molar-refractivity contribution >= 4 is 5.78 Å². The largest absolute Gasteiger partial charge is 0.378 e. The van der Waals surface area contributed by atoms with Gasteiger partial charge in [-0.1, -0.05) is 0 Å². The molecule has 16 heavy (non-hydrogen) atoms. The summed E-state index contributed by atoms with van der Waals surface area (Å²) in [5, 5.41) is 4.00. The molecule has 0 spiro atoms. The van der Waals surface area contributed by atoms with E-state index in [1.54, 1.807) is 24.0 Å². The molecule has 0 aromatic carbocycles. The van der Waals surface area contributed by atoms with Crippen LogP contribution in [-0.4, -0.2) is 28.3 Å². The van der Waals surface area contributed by atoms with Gasteiger partial charge in [-0.25, -0.2) is 0 Å². The summed E-state index contributed by atoms with van der Waals surface area (Å²) < 4.78 is 7.23. The van der Waals surface area contributed by atoms with Gasteiger partial charge in [0.25, 0.3) is 0 Å². The van der Waals surface area contributed by atoms with E-state index in [1.807, 2.05) is 0 Å². The molecule has 1 fully saturated rings. The summed E-state index contributed by atoms with van der Waals surface area (Å²) in [5.41, 5.74) is 0.691. The Kier molecular flexibility index (Phi) is 3.72. The van der Waals surface area contributed by atoms with E-state index in [0.717, 1.165) is 25.9 Å². The molecule has 0 amide bonds. The maximum absolute atomic E-state index is 11.9. The summed E-state index contributed by atoms with van der Waals surface area (Å²) in [6.45, 7) is 0.852. The fourth-order valence-corrected chi connectivity index (χ4v) is 2.10. The number of hydrogen-bond donors (Lipinski definition) is 0. The maximum atomic E-state index is 11.9. The van der Waals surface area contributed by atoms with Crippen molar-refractivity contribution in [1.29, 1.82) is 0 Å². The fourth-order valence-electron chi connectivity index (χ4n) is 2.10. The zero-order valence-electron chi connectivity index (χ0n) is 9.69. The third-order valence-corrected chi connectivity index (χ3v) is 3.07. The average Bonchev–Trinajstić information content (AvgIpc) is 2.74. The Labute approximate surface area is 95.6 Å². The minimum atomic E-state index is 0.161. The highest BCUT2D eigenvalue weighted by Gasteiger charge is 2.17. The zero-order valence-corrected chi connectivity index (χ0v) is 9.69. The minimum absolute atomic E-state index is 0.161. The number of carbonyl (C=O) groups is 1. The molecule has 0 saturated carbocycles. The molecule has 0 radical (unpaired) electrons. The normalized spacial score (nSPS) is 20.9. The standard InChI is InChI=1S/C12H18N2O2/c1-14-11(7-8-13-14)12(15)6-5-10-4-2-3-9-16-10/h7-8,10H,2-6,9H2,1H3. The van der Waals surface area contributed by atoms with E-state index in [0.29, 0.717) is 12.1 Å². The summed E-state index contributed by atoms with van der Waals surface area (Å²) >= 11 is 0. The molecular weight excluding hydrogens is 204 g/mol. The summed E-state index contributed by atoms with van der Waals surface area (Å²) in [4.78, 5) is 11.9. The second-order valence-electron chi connectivity index (χ2n) is 4.29. The van der Waals surface area contributed by atoms with E-state index in [-0.39, 0.29) is 11.9 Å². The van der Waals surface area contributed by atoms with Gasteiger partial charge in [0.2, 0.25) is 0 Å². The van der Waals surface area contributed by atoms with Crippen molar-refractivity contribution in [1.82, 2.24) is 9.78 Å². The molecule has 4 nitrogen and oxygen atoms in total. The topological polar surface area (TPSA) is 44.1 Å². The van der Waals surface area contributed by atoms with Gasteiger partial charge in [0.05, 0.1) is 6.10 Å². The van der Waals surface area contributed by atoms with Crippen LogP contribution in [0.5, 0.6) is 0 Å². The van der Waals surface area contributed by atoms with Crippen LogP contribution in [0.25, 0.3) is 0 Å². The van der Waals surface area contributed by atoms with Crippen LogP contribution >= 0.6 is 0 Å². The second kappa shape index (κ2) is 5.25. The van der Waals surface area contributed by atoms with Crippen molar-refractivity contribution in [2.24, 2.45) is 7.05 Å².